The fourth-order valence-electron chi connectivity index (χ4n) is 2.31. The van der Waals surface area contributed by atoms with Gasteiger partial charge in [0, 0.05) is 26.3 Å². The van der Waals surface area contributed by atoms with E-state index in [2.05, 4.69) is 49.4 Å². The summed E-state index contributed by atoms with van der Waals surface area (Å²) < 4.78 is 0. The summed E-state index contributed by atoms with van der Waals surface area (Å²) in [6.45, 7) is 4.44. The van der Waals surface area contributed by atoms with Crippen molar-refractivity contribution in [2.24, 2.45) is 0 Å². The topological polar surface area (TPSA) is 15.3 Å². The number of aryl methyl sites for hydroxylation is 1. The van der Waals surface area contributed by atoms with E-state index in [0.717, 1.165) is 13.1 Å². The Bertz CT molecular complexity index is 338. The van der Waals surface area contributed by atoms with Gasteiger partial charge in [-0.25, -0.2) is 0 Å². The molecule has 0 spiro atoms. The summed E-state index contributed by atoms with van der Waals surface area (Å²) in [5, 5.41) is 3.43. The maximum atomic E-state index is 3.43. The van der Waals surface area contributed by atoms with Crippen molar-refractivity contribution < 1.29 is 0 Å². The lowest BCUT2D eigenvalue weighted by Gasteiger charge is -2.21. The normalized spacial score (nSPS) is 20.6. The minimum Gasteiger partial charge on any atom is -0.377 e. The Morgan fingerprint density at radius 3 is 2.73 bits per heavy atom. The number of nitrogens with zero attached hydrogens (tertiary/aromatic N) is 1. The molecule has 1 aromatic rings. The monoisotopic (exact) mass is 204 g/mol. The number of hydrogen-bond donors (Lipinski definition) is 1. The third-order valence-electron chi connectivity index (χ3n) is 3.17. The third-order valence-corrected chi connectivity index (χ3v) is 3.17. The van der Waals surface area contributed by atoms with Crippen LogP contribution in [-0.4, -0.2) is 27.2 Å². The van der Waals surface area contributed by atoms with E-state index in [9.17, 15) is 0 Å². The average molecular weight is 204 g/mol. The minimum atomic E-state index is 0.697. The van der Waals surface area contributed by atoms with Gasteiger partial charge in [-0.15, -0.1) is 0 Å². The number of benzene rings is 1. The van der Waals surface area contributed by atoms with Crippen LogP contribution in [0.5, 0.6) is 0 Å². The Morgan fingerprint density at radius 2 is 2.13 bits per heavy atom. The summed E-state index contributed by atoms with van der Waals surface area (Å²) in [7, 11) is 4.25. The van der Waals surface area contributed by atoms with Crippen molar-refractivity contribution in [1.29, 1.82) is 0 Å². The number of hydrogen-bond acceptors (Lipinski definition) is 2. The van der Waals surface area contributed by atoms with E-state index in [-0.39, 0.29) is 0 Å². The van der Waals surface area contributed by atoms with Crippen molar-refractivity contribution in [2.75, 3.05) is 32.1 Å². The van der Waals surface area contributed by atoms with E-state index < -0.39 is 0 Å². The second-order valence-corrected chi connectivity index (χ2v) is 4.65. The summed E-state index contributed by atoms with van der Waals surface area (Å²) in [6.07, 6.45) is 1.27. The molecule has 1 aliphatic rings. The molecule has 1 aromatic carbocycles. The van der Waals surface area contributed by atoms with Gasteiger partial charge in [0.05, 0.1) is 0 Å². The van der Waals surface area contributed by atoms with Crippen molar-refractivity contribution in [3.63, 3.8) is 0 Å². The first-order valence-corrected chi connectivity index (χ1v) is 5.67. The van der Waals surface area contributed by atoms with Gasteiger partial charge in [0.15, 0.2) is 0 Å². The van der Waals surface area contributed by atoms with Gasteiger partial charge in [-0.2, -0.15) is 0 Å². The number of rotatable bonds is 2. The predicted molar refractivity (Wildman–Crippen MR) is 65.7 cm³/mol. The van der Waals surface area contributed by atoms with Crippen LogP contribution in [0.25, 0.3) is 0 Å². The summed E-state index contributed by atoms with van der Waals surface area (Å²) in [5.41, 5.74) is 4.22. The second kappa shape index (κ2) is 4.23. The largest absolute Gasteiger partial charge is 0.377 e. The molecule has 1 aliphatic heterocycles. The highest BCUT2D eigenvalue weighted by molar-refractivity contribution is 5.56. The lowest BCUT2D eigenvalue weighted by molar-refractivity contribution is 0.760. The van der Waals surface area contributed by atoms with E-state index in [4.69, 9.17) is 0 Å². The quantitative estimate of drug-likeness (QED) is 0.794. The van der Waals surface area contributed by atoms with E-state index in [1.165, 1.54) is 23.2 Å². The molecule has 0 aromatic heterocycles. The van der Waals surface area contributed by atoms with Gasteiger partial charge in [0.1, 0.15) is 0 Å². The molecule has 82 valence electrons. The van der Waals surface area contributed by atoms with E-state index in [0.29, 0.717) is 5.92 Å². The molecule has 0 radical (unpaired) electrons. The van der Waals surface area contributed by atoms with Crippen molar-refractivity contribution >= 4 is 5.69 Å². The first kappa shape index (κ1) is 10.5. The number of anilines is 1. The Balaban J connectivity index is 2.36. The van der Waals surface area contributed by atoms with Crippen LogP contribution in [0.4, 0.5) is 5.69 Å². The fraction of sp³-hybridized carbons (Fsp3) is 0.538. The summed E-state index contributed by atoms with van der Waals surface area (Å²) in [4.78, 5) is 2.22. The molecule has 0 bridgehead atoms. The van der Waals surface area contributed by atoms with E-state index >= 15 is 0 Å². The molecule has 15 heavy (non-hydrogen) atoms. The molecular formula is C13H20N2. The van der Waals surface area contributed by atoms with Crippen LogP contribution >= 0.6 is 0 Å². The van der Waals surface area contributed by atoms with Crippen LogP contribution in [0.2, 0.25) is 0 Å². The molecule has 2 rings (SSSR count). The van der Waals surface area contributed by atoms with Crippen molar-refractivity contribution in [3.05, 3.63) is 29.3 Å². The van der Waals surface area contributed by atoms with Gasteiger partial charge in [-0.3, -0.25) is 0 Å². The zero-order valence-electron chi connectivity index (χ0n) is 9.88. The standard InChI is InChI=1S/C13H20N2/c1-10-4-5-12(11-6-7-14-9-11)13(8-10)15(2)3/h4-5,8,11,14H,6-7,9H2,1-3H3. The minimum absolute atomic E-state index is 0.697. The molecule has 0 saturated carbocycles. The second-order valence-electron chi connectivity index (χ2n) is 4.65. The van der Waals surface area contributed by atoms with Crippen LogP contribution in [0.15, 0.2) is 18.2 Å². The Kier molecular flexibility index (Phi) is 2.96. The Morgan fingerprint density at radius 1 is 1.33 bits per heavy atom. The highest BCUT2D eigenvalue weighted by Crippen LogP contribution is 2.31. The first-order chi connectivity index (χ1) is 7.18. The summed E-state index contributed by atoms with van der Waals surface area (Å²) in [6, 6.07) is 6.80. The molecule has 0 aliphatic carbocycles. The molecule has 0 amide bonds. The van der Waals surface area contributed by atoms with Gasteiger partial charge in [-0.05, 0) is 43.0 Å². The highest BCUT2D eigenvalue weighted by Gasteiger charge is 2.19. The summed E-state index contributed by atoms with van der Waals surface area (Å²) >= 11 is 0. The van der Waals surface area contributed by atoms with Crippen LogP contribution in [0, 0.1) is 6.92 Å². The van der Waals surface area contributed by atoms with Crippen LogP contribution in [0.3, 0.4) is 0 Å². The zero-order chi connectivity index (χ0) is 10.8. The molecule has 1 heterocycles. The Labute approximate surface area is 92.3 Å². The van der Waals surface area contributed by atoms with Gasteiger partial charge >= 0.3 is 0 Å². The fourth-order valence-corrected chi connectivity index (χ4v) is 2.31. The summed E-state index contributed by atoms with van der Waals surface area (Å²) in [5.74, 6) is 0.697. The molecule has 1 atom stereocenters. The lowest BCUT2D eigenvalue weighted by atomic mass is 9.95. The lowest BCUT2D eigenvalue weighted by Crippen LogP contribution is -2.15. The van der Waals surface area contributed by atoms with Crippen molar-refractivity contribution in [1.82, 2.24) is 5.32 Å². The highest BCUT2D eigenvalue weighted by atomic mass is 15.1. The van der Waals surface area contributed by atoms with Gasteiger partial charge in [-0.1, -0.05) is 12.1 Å². The Hall–Kier alpha value is -1.02. The maximum Gasteiger partial charge on any atom is 0.0399 e. The molecule has 1 saturated heterocycles. The third kappa shape index (κ3) is 2.15. The van der Waals surface area contributed by atoms with E-state index in [1.54, 1.807) is 0 Å². The van der Waals surface area contributed by atoms with Crippen LogP contribution in [0.1, 0.15) is 23.5 Å². The van der Waals surface area contributed by atoms with Gasteiger partial charge < -0.3 is 10.2 Å². The first-order valence-electron chi connectivity index (χ1n) is 5.67. The maximum absolute atomic E-state index is 3.43. The molecule has 1 unspecified atom stereocenters. The predicted octanol–water partition coefficient (Wildman–Crippen LogP) is 2.14. The average Bonchev–Trinajstić information content (AvgIpc) is 2.70. The van der Waals surface area contributed by atoms with Crippen LogP contribution in [-0.2, 0) is 0 Å². The molecule has 2 heteroatoms. The van der Waals surface area contributed by atoms with E-state index in [1.807, 2.05) is 0 Å². The number of nitrogens with one attached hydrogen (secondary N) is 1. The zero-order valence-corrected chi connectivity index (χ0v) is 9.88. The van der Waals surface area contributed by atoms with Crippen molar-refractivity contribution in [2.45, 2.75) is 19.3 Å². The SMILES string of the molecule is Cc1ccc(C2CCNC2)c(N(C)C)c1. The molecule has 2 nitrogen and oxygen atoms in total. The van der Waals surface area contributed by atoms with Crippen LogP contribution < -0.4 is 10.2 Å². The molecular weight excluding hydrogens is 184 g/mol. The van der Waals surface area contributed by atoms with Gasteiger partial charge in [0.2, 0.25) is 0 Å². The van der Waals surface area contributed by atoms with Crippen molar-refractivity contribution in [3.8, 4) is 0 Å². The molecule has 1 N–H and O–H groups in total. The molecule has 1 fully saturated rings. The van der Waals surface area contributed by atoms with Gasteiger partial charge in [0.25, 0.3) is 0 Å². The smallest absolute Gasteiger partial charge is 0.0399 e.